The Morgan fingerprint density at radius 3 is 2.84 bits per heavy atom. The maximum atomic E-state index is 11.1. The van der Waals surface area contributed by atoms with Crippen molar-refractivity contribution in [1.29, 1.82) is 0 Å². The molecule has 0 saturated heterocycles. The maximum absolute atomic E-state index is 11.1. The lowest BCUT2D eigenvalue weighted by molar-refractivity contribution is 0.1000. The van der Waals surface area contributed by atoms with Crippen molar-refractivity contribution in [2.24, 2.45) is 17.6 Å². The van der Waals surface area contributed by atoms with Gasteiger partial charge in [-0.2, -0.15) is 0 Å². The van der Waals surface area contributed by atoms with E-state index in [1.165, 1.54) is 19.3 Å². The Morgan fingerprint density at radius 2 is 2.16 bits per heavy atom. The van der Waals surface area contributed by atoms with Gasteiger partial charge < -0.3 is 11.1 Å². The van der Waals surface area contributed by atoms with Gasteiger partial charge in [0.2, 0.25) is 5.91 Å². The summed E-state index contributed by atoms with van der Waals surface area (Å²) in [5.41, 5.74) is 7.01. The van der Waals surface area contributed by atoms with Crippen LogP contribution in [0, 0.1) is 11.8 Å². The topological polar surface area (TPSA) is 55.1 Å². The predicted octanol–water partition coefficient (Wildman–Crippen LogP) is 2.70. The smallest absolute Gasteiger partial charge is 0.248 e. The van der Waals surface area contributed by atoms with Crippen molar-refractivity contribution in [3.8, 4) is 0 Å². The molecule has 1 fully saturated rings. The summed E-state index contributed by atoms with van der Waals surface area (Å²) >= 11 is 0. The first kappa shape index (κ1) is 14.1. The van der Waals surface area contributed by atoms with Gasteiger partial charge in [-0.15, -0.1) is 0 Å². The molecule has 3 heteroatoms. The van der Waals surface area contributed by atoms with Gasteiger partial charge in [0.15, 0.2) is 0 Å². The van der Waals surface area contributed by atoms with Crippen LogP contribution in [0.5, 0.6) is 0 Å². The zero-order valence-electron chi connectivity index (χ0n) is 11.9. The number of hydrogen-bond acceptors (Lipinski definition) is 2. The first-order valence-electron chi connectivity index (χ1n) is 7.18. The van der Waals surface area contributed by atoms with Crippen LogP contribution in [-0.4, -0.2) is 11.9 Å². The Balaban J connectivity index is 1.91. The molecule has 1 aromatic carbocycles. The molecule has 0 aromatic heterocycles. The molecule has 1 amide bonds. The zero-order chi connectivity index (χ0) is 13.8. The second-order valence-corrected chi connectivity index (χ2v) is 5.95. The van der Waals surface area contributed by atoms with Crippen molar-refractivity contribution in [2.45, 2.75) is 45.7 Å². The number of rotatable bonds is 4. The van der Waals surface area contributed by atoms with Gasteiger partial charge in [-0.3, -0.25) is 4.79 Å². The normalized spacial score (nSPS) is 27.2. The third-order valence-corrected chi connectivity index (χ3v) is 4.21. The van der Waals surface area contributed by atoms with Gasteiger partial charge in [0.1, 0.15) is 0 Å². The van der Waals surface area contributed by atoms with Gasteiger partial charge >= 0.3 is 0 Å². The fourth-order valence-corrected chi connectivity index (χ4v) is 3.05. The van der Waals surface area contributed by atoms with Crippen molar-refractivity contribution in [2.75, 3.05) is 0 Å². The summed E-state index contributed by atoms with van der Waals surface area (Å²) in [5, 5.41) is 3.62. The summed E-state index contributed by atoms with van der Waals surface area (Å²) in [7, 11) is 0. The summed E-state index contributed by atoms with van der Waals surface area (Å²) in [6, 6.07) is 8.16. The molecule has 1 saturated carbocycles. The molecule has 3 N–H and O–H groups in total. The molecule has 0 heterocycles. The molecule has 3 unspecified atom stereocenters. The number of hydrogen-bond donors (Lipinski definition) is 2. The number of primary amides is 1. The van der Waals surface area contributed by atoms with E-state index in [4.69, 9.17) is 5.73 Å². The molecule has 0 spiro atoms. The first-order valence-corrected chi connectivity index (χ1v) is 7.18. The van der Waals surface area contributed by atoms with E-state index in [0.717, 1.165) is 23.9 Å². The zero-order valence-corrected chi connectivity index (χ0v) is 11.9. The molecular formula is C16H24N2O. The van der Waals surface area contributed by atoms with Crippen LogP contribution in [0.4, 0.5) is 0 Å². The molecule has 2 rings (SSSR count). The summed E-state index contributed by atoms with van der Waals surface area (Å²) in [6.07, 6.45) is 3.86. The minimum atomic E-state index is -0.360. The number of amides is 1. The van der Waals surface area contributed by atoms with Crippen LogP contribution in [-0.2, 0) is 6.54 Å². The lowest BCUT2D eigenvalue weighted by Gasteiger charge is -2.33. The van der Waals surface area contributed by atoms with Gasteiger partial charge in [-0.1, -0.05) is 26.0 Å². The third-order valence-electron chi connectivity index (χ3n) is 4.21. The summed E-state index contributed by atoms with van der Waals surface area (Å²) in [5.74, 6) is 1.22. The molecule has 1 aromatic rings. The van der Waals surface area contributed by atoms with Crippen molar-refractivity contribution in [3.63, 3.8) is 0 Å². The first-order chi connectivity index (χ1) is 9.06. The highest BCUT2D eigenvalue weighted by atomic mass is 16.1. The summed E-state index contributed by atoms with van der Waals surface area (Å²) in [4.78, 5) is 11.1. The molecule has 1 aliphatic rings. The number of nitrogens with two attached hydrogens (primary N) is 1. The maximum Gasteiger partial charge on any atom is 0.248 e. The SMILES string of the molecule is CC1CCC(NCc2cccc(C(N)=O)c2)C(C)C1. The molecule has 104 valence electrons. The van der Waals surface area contributed by atoms with Crippen molar-refractivity contribution < 1.29 is 4.79 Å². The van der Waals surface area contributed by atoms with Gasteiger partial charge in [0, 0.05) is 18.2 Å². The molecule has 0 bridgehead atoms. The number of carbonyl (C=O) groups excluding carboxylic acids is 1. The Hall–Kier alpha value is -1.35. The minimum Gasteiger partial charge on any atom is -0.366 e. The van der Waals surface area contributed by atoms with E-state index in [1.807, 2.05) is 18.2 Å². The largest absolute Gasteiger partial charge is 0.366 e. The van der Waals surface area contributed by atoms with Crippen LogP contribution in [0.3, 0.4) is 0 Å². The number of benzene rings is 1. The summed E-state index contributed by atoms with van der Waals surface area (Å²) in [6.45, 7) is 5.47. The second-order valence-electron chi connectivity index (χ2n) is 5.95. The average Bonchev–Trinajstić information content (AvgIpc) is 2.38. The van der Waals surface area contributed by atoms with Gasteiger partial charge in [-0.25, -0.2) is 0 Å². The van der Waals surface area contributed by atoms with Crippen molar-refractivity contribution in [3.05, 3.63) is 35.4 Å². The monoisotopic (exact) mass is 260 g/mol. The van der Waals surface area contributed by atoms with E-state index in [2.05, 4.69) is 19.2 Å². The fourth-order valence-electron chi connectivity index (χ4n) is 3.05. The molecule has 1 aliphatic carbocycles. The average molecular weight is 260 g/mol. The molecular weight excluding hydrogens is 236 g/mol. The molecule has 0 radical (unpaired) electrons. The third kappa shape index (κ3) is 3.80. The standard InChI is InChI=1S/C16H24N2O/c1-11-6-7-15(12(2)8-11)18-10-13-4-3-5-14(9-13)16(17)19/h3-5,9,11-12,15,18H,6-8,10H2,1-2H3,(H2,17,19). The van der Waals surface area contributed by atoms with Crippen molar-refractivity contribution >= 4 is 5.91 Å². The van der Waals surface area contributed by atoms with E-state index in [1.54, 1.807) is 6.07 Å². The highest BCUT2D eigenvalue weighted by Gasteiger charge is 2.24. The van der Waals surface area contributed by atoms with E-state index in [-0.39, 0.29) is 5.91 Å². The Kier molecular flexibility index (Phi) is 4.59. The molecule has 19 heavy (non-hydrogen) atoms. The lowest BCUT2D eigenvalue weighted by atomic mass is 9.80. The van der Waals surface area contributed by atoms with Crippen LogP contribution < -0.4 is 11.1 Å². The van der Waals surface area contributed by atoms with Crippen LogP contribution in [0.15, 0.2) is 24.3 Å². The Morgan fingerprint density at radius 1 is 1.37 bits per heavy atom. The molecule has 3 nitrogen and oxygen atoms in total. The fraction of sp³-hybridized carbons (Fsp3) is 0.562. The highest BCUT2D eigenvalue weighted by Crippen LogP contribution is 2.28. The molecule has 0 aliphatic heterocycles. The van der Waals surface area contributed by atoms with E-state index in [9.17, 15) is 4.79 Å². The van der Waals surface area contributed by atoms with Gasteiger partial charge in [0.25, 0.3) is 0 Å². The van der Waals surface area contributed by atoms with Crippen LogP contribution in [0.25, 0.3) is 0 Å². The lowest BCUT2D eigenvalue weighted by Crippen LogP contribution is -2.38. The van der Waals surface area contributed by atoms with E-state index >= 15 is 0 Å². The van der Waals surface area contributed by atoms with Crippen molar-refractivity contribution in [1.82, 2.24) is 5.32 Å². The molecule has 3 atom stereocenters. The predicted molar refractivity (Wildman–Crippen MR) is 77.8 cm³/mol. The van der Waals surface area contributed by atoms with Crippen LogP contribution >= 0.6 is 0 Å². The summed E-state index contributed by atoms with van der Waals surface area (Å²) < 4.78 is 0. The Labute approximate surface area is 115 Å². The Bertz CT molecular complexity index is 444. The number of carbonyl (C=O) groups is 1. The highest BCUT2D eigenvalue weighted by molar-refractivity contribution is 5.92. The van der Waals surface area contributed by atoms with Gasteiger partial charge in [-0.05, 0) is 48.8 Å². The van der Waals surface area contributed by atoms with Crippen LogP contribution in [0.2, 0.25) is 0 Å². The van der Waals surface area contributed by atoms with Crippen LogP contribution in [0.1, 0.15) is 49.0 Å². The number of nitrogens with one attached hydrogen (secondary N) is 1. The minimum absolute atomic E-state index is 0.360. The quantitative estimate of drug-likeness (QED) is 0.874. The second kappa shape index (κ2) is 6.20. The van der Waals surface area contributed by atoms with E-state index in [0.29, 0.717) is 11.6 Å². The van der Waals surface area contributed by atoms with E-state index < -0.39 is 0 Å². The van der Waals surface area contributed by atoms with Gasteiger partial charge in [0.05, 0.1) is 0 Å².